The molecular weight excluding hydrogens is 341 g/mol. The first-order chi connectivity index (χ1) is 10.2. The van der Waals surface area contributed by atoms with Gasteiger partial charge in [0, 0.05) is 39.8 Å². The zero-order valence-corrected chi connectivity index (χ0v) is 15.1. The quantitative estimate of drug-likeness (QED) is 0.847. The Morgan fingerprint density at radius 3 is 2.30 bits per heavy atom. The van der Waals surface area contributed by atoms with Gasteiger partial charge < -0.3 is 25.0 Å². The molecule has 0 radical (unpaired) electrons. The molecule has 0 bridgehead atoms. The van der Waals surface area contributed by atoms with Crippen LogP contribution in [-0.2, 0) is 9.53 Å². The fraction of sp³-hybridized carbons (Fsp3) is 0.533. The van der Waals surface area contributed by atoms with E-state index in [1.54, 1.807) is 7.11 Å². The van der Waals surface area contributed by atoms with E-state index >= 15 is 0 Å². The number of halogens is 2. The average molecular weight is 366 g/mol. The van der Waals surface area contributed by atoms with E-state index in [4.69, 9.17) is 15.2 Å². The van der Waals surface area contributed by atoms with Crippen LogP contribution in [-0.4, -0.2) is 63.9 Å². The molecule has 1 unspecified atom stereocenters. The minimum atomic E-state index is -0.539. The molecular formula is C15H25Cl2N3O3. The summed E-state index contributed by atoms with van der Waals surface area (Å²) in [7, 11) is 3.18. The third-order valence-corrected chi connectivity index (χ3v) is 3.79. The number of hydrogen-bond donors (Lipinski definition) is 1. The number of nitrogens with two attached hydrogens (primary N) is 1. The SMILES string of the molecule is COc1ccccc1N1CCN(C(=O)C(CN)OC)CC1.Cl.Cl. The highest BCUT2D eigenvalue weighted by atomic mass is 35.5. The highest BCUT2D eigenvalue weighted by Gasteiger charge is 2.27. The molecule has 1 atom stereocenters. The topological polar surface area (TPSA) is 68.0 Å². The Balaban J connectivity index is 0.00000242. The second kappa shape index (κ2) is 10.5. The minimum absolute atomic E-state index is 0. The molecule has 0 spiro atoms. The van der Waals surface area contributed by atoms with Crippen LogP contribution in [0.2, 0.25) is 0 Å². The van der Waals surface area contributed by atoms with Gasteiger partial charge in [-0.1, -0.05) is 12.1 Å². The molecule has 8 heteroatoms. The van der Waals surface area contributed by atoms with Crippen molar-refractivity contribution in [3.8, 4) is 5.75 Å². The second-order valence-corrected chi connectivity index (χ2v) is 4.94. The Morgan fingerprint density at radius 1 is 1.17 bits per heavy atom. The Labute approximate surface area is 149 Å². The van der Waals surface area contributed by atoms with Crippen molar-refractivity contribution in [3.05, 3.63) is 24.3 Å². The Hall–Kier alpha value is -1.21. The average Bonchev–Trinajstić information content (AvgIpc) is 2.56. The fourth-order valence-electron chi connectivity index (χ4n) is 2.56. The van der Waals surface area contributed by atoms with Crippen molar-refractivity contribution in [2.24, 2.45) is 5.73 Å². The maximum Gasteiger partial charge on any atom is 0.253 e. The Kier molecular flexibility index (Phi) is 9.99. The number of piperazine rings is 1. The molecule has 1 aromatic rings. The fourth-order valence-corrected chi connectivity index (χ4v) is 2.56. The normalized spacial score (nSPS) is 15.3. The van der Waals surface area contributed by atoms with Crippen LogP contribution in [0.4, 0.5) is 5.69 Å². The molecule has 0 saturated carbocycles. The van der Waals surface area contributed by atoms with Crippen LogP contribution >= 0.6 is 24.8 Å². The maximum atomic E-state index is 12.2. The van der Waals surface area contributed by atoms with Crippen molar-refractivity contribution in [2.45, 2.75) is 6.10 Å². The number of amides is 1. The maximum absolute atomic E-state index is 12.2. The summed E-state index contributed by atoms with van der Waals surface area (Å²) in [4.78, 5) is 16.2. The highest BCUT2D eigenvalue weighted by molar-refractivity contribution is 5.85. The van der Waals surface area contributed by atoms with Crippen molar-refractivity contribution in [1.29, 1.82) is 0 Å². The van der Waals surface area contributed by atoms with E-state index in [1.165, 1.54) is 7.11 Å². The molecule has 1 saturated heterocycles. The Morgan fingerprint density at radius 2 is 1.78 bits per heavy atom. The summed E-state index contributed by atoms with van der Waals surface area (Å²) in [6.45, 7) is 3.08. The summed E-state index contributed by atoms with van der Waals surface area (Å²) in [6, 6.07) is 7.92. The van der Waals surface area contributed by atoms with Gasteiger partial charge in [0.25, 0.3) is 5.91 Å². The number of hydrogen-bond acceptors (Lipinski definition) is 5. The first-order valence-corrected chi connectivity index (χ1v) is 7.11. The van der Waals surface area contributed by atoms with Gasteiger partial charge in [0.15, 0.2) is 0 Å². The van der Waals surface area contributed by atoms with E-state index in [1.807, 2.05) is 29.2 Å². The molecule has 132 valence electrons. The van der Waals surface area contributed by atoms with Gasteiger partial charge in [-0.15, -0.1) is 24.8 Å². The van der Waals surface area contributed by atoms with Gasteiger partial charge in [-0.05, 0) is 12.1 Å². The summed E-state index contributed by atoms with van der Waals surface area (Å²) in [6.07, 6.45) is -0.539. The number of para-hydroxylation sites is 2. The molecule has 6 nitrogen and oxygen atoms in total. The molecule has 0 aromatic heterocycles. The zero-order chi connectivity index (χ0) is 15.2. The lowest BCUT2D eigenvalue weighted by molar-refractivity contribution is -0.141. The minimum Gasteiger partial charge on any atom is -0.495 e. The largest absolute Gasteiger partial charge is 0.495 e. The predicted octanol–water partition coefficient (Wildman–Crippen LogP) is 1.16. The monoisotopic (exact) mass is 365 g/mol. The molecule has 23 heavy (non-hydrogen) atoms. The van der Waals surface area contributed by atoms with Gasteiger partial charge in [-0.2, -0.15) is 0 Å². The Bertz CT molecular complexity index is 479. The van der Waals surface area contributed by atoms with Crippen LogP contribution in [0, 0.1) is 0 Å². The van der Waals surface area contributed by atoms with Gasteiger partial charge in [0.1, 0.15) is 11.9 Å². The zero-order valence-electron chi connectivity index (χ0n) is 13.4. The first kappa shape index (κ1) is 21.8. The van der Waals surface area contributed by atoms with Gasteiger partial charge in [-0.3, -0.25) is 4.79 Å². The molecule has 1 fully saturated rings. The lowest BCUT2D eigenvalue weighted by Crippen LogP contribution is -2.53. The molecule has 1 aliphatic rings. The number of nitrogens with zero attached hydrogens (tertiary/aromatic N) is 2. The van der Waals surface area contributed by atoms with E-state index in [0.717, 1.165) is 24.5 Å². The number of anilines is 1. The standard InChI is InChI=1S/C15H23N3O3.2ClH/c1-20-13-6-4-3-5-12(13)17-7-9-18(10-8-17)15(19)14(11-16)21-2;;/h3-6,14H,7-11,16H2,1-2H3;2*1H. The molecule has 1 heterocycles. The first-order valence-electron chi connectivity index (χ1n) is 7.11. The number of benzene rings is 1. The smallest absolute Gasteiger partial charge is 0.253 e. The summed E-state index contributed by atoms with van der Waals surface area (Å²) < 4.78 is 10.5. The summed E-state index contributed by atoms with van der Waals surface area (Å²) in [5, 5.41) is 0. The number of ether oxygens (including phenoxy) is 2. The van der Waals surface area contributed by atoms with E-state index in [0.29, 0.717) is 13.1 Å². The third kappa shape index (κ3) is 5.14. The molecule has 1 amide bonds. The molecule has 2 N–H and O–H groups in total. The highest BCUT2D eigenvalue weighted by Crippen LogP contribution is 2.28. The van der Waals surface area contributed by atoms with Crippen LogP contribution in [0.5, 0.6) is 5.75 Å². The van der Waals surface area contributed by atoms with Gasteiger partial charge >= 0.3 is 0 Å². The van der Waals surface area contributed by atoms with Crippen molar-refractivity contribution in [1.82, 2.24) is 4.90 Å². The number of methoxy groups -OCH3 is 2. The van der Waals surface area contributed by atoms with Crippen LogP contribution < -0.4 is 15.4 Å². The van der Waals surface area contributed by atoms with Crippen LogP contribution in [0.15, 0.2) is 24.3 Å². The van der Waals surface area contributed by atoms with E-state index < -0.39 is 6.10 Å². The van der Waals surface area contributed by atoms with Crippen LogP contribution in [0.3, 0.4) is 0 Å². The van der Waals surface area contributed by atoms with Crippen molar-refractivity contribution >= 4 is 36.4 Å². The van der Waals surface area contributed by atoms with Gasteiger partial charge in [-0.25, -0.2) is 0 Å². The predicted molar refractivity (Wildman–Crippen MR) is 96.1 cm³/mol. The molecule has 0 aliphatic carbocycles. The van der Waals surface area contributed by atoms with Crippen LogP contribution in [0.1, 0.15) is 0 Å². The van der Waals surface area contributed by atoms with Crippen molar-refractivity contribution < 1.29 is 14.3 Å². The van der Waals surface area contributed by atoms with E-state index in [-0.39, 0.29) is 37.3 Å². The van der Waals surface area contributed by atoms with Crippen molar-refractivity contribution in [3.63, 3.8) is 0 Å². The molecule has 1 aliphatic heterocycles. The van der Waals surface area contributed by atoms with Gasteiger partial charge in [0.2, 0.25) is 0 Å². The third-order valence-electron chi connectivity index (χ3n) is 3.79. The lowest BCUT2D eigenvalue weighted by Gasteiger charge is -2.37. The summed E-state index contributed by atoms with van der Waals surface area (Å²) in [5.41, 5.74) is 6.61. The summed E-state index contributed by atoms with van der Waals surface area (Å²) >= 11 is 0. The van der Waals surface area contributed by atoms with Gasteiger partial charge in [0.05, 0.1) is 12.8 Å². The van der Waals surface area contributed by atoms with Crippen LogP contribution in [0.25, 0.3) is 0 Å². The van der Waals surface area contributed by atoms with E-state index in [9.17, 15) is 4.79 Å². The summed E-state index contributed by atoms with van der Waals surface area (Å²) in [5.74, 6) is 0.827. The molecule has 2 rings (SSSR count). The lowest BCUT2D eigenvalue weighted by atomic mass is 10.2. The second-order valence-electron chi connectivity index (χ2n) is 4.94. The molecule has 1 aromatic carbocycles. The van der Waals surface area contributed by atoms with Crippen molar-refractivity contribution in [2.75, 3.05) is 51.8 Å². The number of carbonyl (C=O) groups is 1. The van der Waals surface area contributed by atoms with E-state index in [2.05, 4.69) is 4.90 Å². The number of rotatable bonds is 5. The number of carbonyl (C=O) groups excluding carboxylic acids is 1.